The van der Waals surface area contributed by atoms with E-state index in [0.717, 1.165) is 17.7 Å². The van der Waals surface area contributed by atoms with Gasteiger partial charge in [-0.1, -0.05) is 59.3 Å². The first kappa shape index (κ1) is 40.7. The number of halogens is 1. The molecule has 2 N–H and O–H groups in total. The third-order valence-electron chi connectivity index (χ3n) is 10.4. The first-order valence-corrected chi connectivity index (χ1v) is 18.8. The Morgan fingerprint density at radius 1 is 0.927 bits per heavy atom. The van der Waals surface area contributed by atoms with E-state index in [2.05, 4.69) is 57.8 Å². The monoisotopic (exact) mass is 754 g/mol. The highest BCUT2D eigenvalue weighted by Gasteiger charge is 2.42. The molecular formula is C42H51FN6O6. The molecule has 2 fully saturated rings. The molecule has 0 aliphatic carbocycles. The lowest BCUT2D eigenvalue weighted by Gasteiger charge is -2.30. The van der Waals surface area contributed by atoms with Crippen LogP contribution in [0.3, 0.4) is 0 Å². The Balaban J connectivity index is 1.22. The van der Waals surface area contributed by atoms with Gasteiger partial charge in [-0.25, -0.2) is 14.2 Å². The number of nitrogens with one attached hydrogen (secondary N) is 2. The van der Waals surface area contributed by atoms with Crippen molar-refractivity contribution < 1.29 is 33.0 Å². The average molecular weight is 755 g/mol. The Morgan fingerprint density at radius 2 is 1.62 bits per heavy atom. The number of imidazole rings is 1. The van der Waals surface area contributed by atoms with Crippen LogP contribution in [-0.2, 0) is 23.9 Å². The quantitative estimate of drug-likeness (QED) is 0.258. The standard InChI is InChI=1S/C42H51FN6O6/c1-24(2)32(19-37(50)54-7)40(51)48-22-26(5)15-35(48)34-18-29(20-44-34)10-9-28-11-12-30(33(43)17-28)13-14-31-21-45-39(46-31)36-16-27(6)23-49(36)41(52)38(25(3)4)47-42(53)55-8/h11-12,17,20-21,24-27,32,35-36,38H,15-16,18-19,22-23H2,1-8H3,(H,45,46)(H,47,53)/t26-,27-,32-,35-,36-,38-/m0/s1. The van der Waals surface area contributed by atoms with Crippen molar-refractivity contribution in [2.75, 3.05) is 27.3 Å². The lowest BCUT2D eigenvalue weighted by Crippen LogP contribution is -2.51. The number of alkyl carbamates (subject to hydrolysis) is 1. The van der Waals surface area contributed by atoms with Gasteiger partial charge in [0.05, 0.1) is 50.4 Å². The summed E-state index contributed by atoms with van der Waals surface area (Å²) in [6.07, 6.45) is 4.61. The third kappa shape index (κ3) is 9.82. The van der Waals surface area contributed by atoms with Crippen molar-refractivity contribution >= 4 is 29.6 Å². The Labute approximate surface area is 322 Å². The molecule has 0 radical (unpaired) electrons. The zero-order valence-electron chi connectivity index (χ0n) is 32.9. The predicted molar refractivity (Wildman–Crippen MR) is 205 cm³/mol. The van der Waals surface area contributed by atoms with E-state index in [1.165, 1.54) is 20.3 Å². The summed E-state index contributed by atoms with van der Waals surface area (Å²) in [5.74, 6) is 11.2. The van der Waals surface area contributed by atoms with Crippen LogP contribution in [0.15, 0.2) is 41.2 Å². The fraction of sp³-hybridized carbons (Fsp3) is 0.524. The number of ether oxygens (including phenoxy) is 2. The van der Waals surface area contributed by atoms with Crippen molar-refractivity contribution in [1.82, 2.24) is 25.1 Å². The van der Waals surface area contributed by atoms with Crippen LogP contribution in [-0.4, -0.2) is 88.7 Å². The van der Waals surface area contributed by atoms with Crippen molar-refractivity contribution in [3.05, 3.63) is 64.6 Å². The fourth-order valence-corrected chi connectivity index (χ4v) is 7.39. The minimum Gasteiger partial charge on any atom is -0.469 e. The van der Waals surface area contributed by atoms with Gasteiger partial charge in [-0.05, 0) is 60.6 Å². The highest BCUT2D eigenvalue weighted by molar-refractivity contribution is 5.98. The van der Waals surface area contributed by atoms with Gasteiger partial charge in [0.25, 0.3) is 0 Å². The number of aromatic amines is 1. The van der Waals surface area contributed by atoms with Gasteiger partial charge in [0.2, 0.25) is 11.8 Å². The number of allylic oxidation sites excluding steroid dienone is 1. The Morgan fingerprint density at radius 3 is 2.25 bits per heavy atom. The second kappa shape index (κ2) is 17.8. The number of H-pyrrole nitrogens is 1. The molecule has 1 aromatic carbocycles. The number of likely N-dealkylation sites (tertiary alicyclic amines) is 2. The molecule has 6 atom stereocenters. The molecular weight excluding hydrogens is 703 g/mol. The maximum atomic E-state index is 15.2. The predicted octanol–water partition coefficient (Wildman–Crippen LogP) is 5.39. The van der Waals surface area contributed by atoms with E-state index < -0.39 is 29.8 Å². The molecule has 3 aliphatic heterocycles. The maximum absolute atomic E-state index is 15.2. The number of aliphatic imine (C=N–C) groups is 1. The molecule has 0 unspecified atom stereocenters. The van der Waals surface area contributed by atoms with Gasteiger partial charge in [0, 0.05) is 42.6 Å². The molecule has 13 heteroatoms. The SMILES string of the molecule is COC(=O)C[C@H](C(=O)N1C[C@@H](C)C[C@H]1C1=NC=C(C#Cc2ccc(C#Cc3cnc([C@@H]4C[C@H](C)CN4C(=O)[C@@H](NC(=O)OC)C(C)C)[nH]3)c(F)c2)C1)C(C)C. The molecule has 4 heterocycles. The second-order valence-electron chi connectivity index (χ2n) is 15.5. The number of amides is 3. The van der Waals surface area contributed by atoms with Gasteiger partial charge < -0.3 is 29.6 Å². The van der Waals surface area contributed by atoms with Crippen molar-refractivity contribution in [1.29, 1.82) is 0 Å². The topological polar surface area (TPSA) is 146 Å². The number of nitrogens with zero attached hydrogens (tertiary/aromatic N) is 4. The van der Waals surface area contributed by atoms with Crippen LogP contribution in [0.2, 0.25) is 0 Å². The summed E-state index contributed by atoms with van der Waals surface area (Å²) in [4.78, 5) is 67.1. The third-order valence-corrected chi connectivity index (χ3v) is 10.4. The number of benzene rings is 1. The molecule has 0 bridgehead atoms. The van der Waals surface area contributed by atoms with Crippen LogP contribution in [0.5, 0.6) is 0 Å². The summed E-state index contributed by atoms with van der Waals surface area (Å²) in [7, 11) is 2.59. The van der Waals surface area contributed by atoms with Crippen LogP contribution in [0.1, 0.15) is 95.9 Å². The summed E-state index contributed by atoms with van der Waals surface area (Å²) < 4.78 is 24.8. The fourth-order valence-electron chi connectivity index (χ4n) is 7.39. The highest BCUT2D eigenvalue weighted by Crippen LogP contribution is 2.35. The summed E-state index contributed by atoms with van der Waals surface area (Å²) >= 11 is 0. The highest BCUT2D eigenvalue weighted by atomic mass is 19.1. The molecule has 292 valence electrons. The zero-order valence-corrected chi connectivity index (χ0v) is 32.9. The van der Waals surface area contributed by atoms with Gasteiger partial charge in [0.1, 0.15) is 23.4 Å². The molecule has 0 spiro atoms. The van der Waals surface area contributed by atoms with Gasteiger partial charge in [-0.3, -0.25) is 19.4 Å². The Hall–Kier alpha value is -5.43. The van der Waals surface area contributed by atoms with Gasteiger partial charge >= 0.3 is 12.1 Å². The van der Waals surface area contributed by atoms with Crippen LogP contribution in [0.4, 0.5) is 9.18 Å². The first-order chi connectivity index (χ1) is 26.2. The second-order valence-corrected chi connectivity index (χ2v) is 15.5. The van der Waals surface area contributed by atoms with Crippen LogP contribution >= 0.6 is 0 Å². The summed E-state index contributed by atoms with van der Waals surface area (Å²) in [5.41, 5.74) is 2.78. The minimum atomic E-state index is -0.751. The van der Waals surface area contributed by atoms with Gasteiger partial charge in [0.15, 0.2) is 0 Å². The van der Waals surface area contributed by atoms with Crippen LogP contribution < -0.4 is 5.32 Å². The van der Waals surface area contributed by atoms with E-state index >= 15 is 4.39 Å². The number of rotatable bonds is 9. The van der Waals surface area contributed by atoms with Crippen LogP contribution in [0.25, 0.3) is 0 Å². The first-order valence-electron chi connectivity index (χ1n) is 18.8. The van der Waals surface area contributed by atoms with Crippen LogP contribution in [0, 0.1) is 59.1 Å². The number of methoxy groups -OCH3 is 2. The summed E-state index contributed by atoms with van der Waals surface area (Å²) in [6, 6.07) is 3.38. The van der Waals surface area contributed by atoms with Gasteiger partial charge in [-0.15, -0.1) is 0 Å². The Bertz CT molecular complexity index is 1980. The lowest BCUT2D eigenvalue weighted by molar-refractivity contribution is -0.148. The molecule has 3 amide bonds. The number of esters is 1. The van der Waals surface area contributed by atoms with E-state index in [9.17, 15) is 19.2 Å². The summed E-state index contributed by atoms with van der Waals surface area (Å²) in [5, 5.41) is 2.65. The zero-order chi connectivity index (χ0) is 40.0. The van der Waals surface area contributed by atoms with E-state index in [-0.39, 0.29) is 59.6 Å². The average Bonchev–Trinajstić information content (AvgIpc) is 3.97. The molecule has 2 saturated heterocycles. The largest absolute Gasteiger partial charge is 0.469 e. The molecule has 3 aliphatic rings. The number of carbonyl (C=O) groups excluding carboxylic acids is 4. The molecule has 55 heavy (non-hydrogen) atoms. The van der Waals surface area contributed by atoms with Gasteiger partial charge in [-0.2, -0.15) is 0 Å². The van der Waals surface area contributed by atoms with E-state index in [1.807, 2.05) is 32.6 Å². The van der Waals surface area contributed by atoms with Crippen molar-refractivity contribution in [3.63, 3.8) is 0 Å². The molecule has 5 rings (SSSR count). The van der Waals surface area contributed by atoms with E-state index in [1.54, 1.807) is 29.4 Å². The minimum absolute atomic E-state index is 0.0252. The molecule has 1 aromatic heterocycles. The number of hydrogen-bond acceptors (Lipinski definition) is 8. The van der Waals surface area contributed by atoms with Crippen molar-refractivity contribution in [3.8, 4) is 23.7 Å². The van der Waals surface area contributed by atoms with E-state index in [4.69, 9.17) is 9.47 Å². The van der Waals surface area contributed by atoms with Crippen molar-refractivity contribution in [2.45, 2.75) is 85.4 Å². The molecule has 12 nitrogen and oxygen atoms in total. The smallest absolute Gasteiger partial charge is 0.407 e. The number of hydrogen-bond donors (Lipinski definition) is 2. The lowest BCUT2D eigenvalue weighted by atomic mass is 9.90. The van der Waals surface area contributed by atoms with Crippen molar-refractivity contribution in [2.24, 2.45) is 34.6 Å². The summed E-state index contributed by atoms with van der Waals surface area (Å²) in [6.45, 7) is 12.9. The Kier molecular flexibility index (Phi) is 13.2. The number of carbonyl (C=O) groups is 4. The normalized spacial score (nSPS) is 21.6. The number of aromatic nitrogens is 2. The van der Waals surface area contributed by atoms with E-state index in [0.29, 0.717) is 43.0 Å². The molecule has 2 aromatic rings. The maximum Gasteiger partial charge on any atom is 0.407 e. The molecule has 0 saturated carbocycles.